The summed E-state index contributed by atoms with van der Waals surface area (Å²) >= 11 is 0. The third-order valence-electron chi connectivity index (χ3n) is 1.03. The molecule has 0 aliphatic carbocycles. The fourth-order valence-electron chi connectivity index (χ4n) is 0.549. The molecule has 0 fully saturated rings. The van der Waals surface area contributed by atoms with Crippen molar-refractivity contribution < 1.29 is 9.53 Å². The lowest BCUT2D eigenvalue weighted by atomic mass is 10.2. The Hall–Kier alpha value is -1.06. The minimum absolute atomic E-state index is 0.186. The van der Waals surface area contributed by atoms with Gasteiger partial charge in [0.25, 0.3) is 6.47 Å². The SMILES string of the molecule is N=C(N)CCCCOC=O. The van der Waals surface area contributed by atoms with Crippen LogP contribution in [0.4, 0.5) is 0 Å². The van der Waals surface area contributed by atoms with E-state index in [1.54, 1.807) is 0 Å². The smallest absolute Gasteiger partial charge is 0.293 e. The molecule has 3 N–H and O–H groups in total. The van der Waals surface area contributed by atoms with Crippen LogP contribution in [0.1, 0.15) is 19.3 Å². The van der Waals surface area contributed by atoms with E-state index in [-0.39, 0.29) is 5.84 Å². The van der Waals surface area contributed by atoms with Crippen molar-refractivity contribution in [3.63, 3.8) is 0 Å². The average Bonchev–Trinajstić information content (AvgIpc) is 1.87. The maximum atomic E-state index is 9.61. The lowest BCUT2D eigenvalue weighted by Gasteiger charge is -1.97. The number of rotatable bonds is 6. The summed E-state index contributed by atoms with van der Waals surface area (Å²) in [5.41, 5.74) is 5.08. The summed E-state index contributed by atoms with van der Waals surface area (Å²) in [5.74, 6) is 0.186. The molecule has 0 aromatic carbocycles. The highest BCUT2D eigenvalue weighted by molar-refractivity contribution is 5.76. The standard InChI is InChI=1S/C6H12N2O2/c7-6(8)3-1-2-4-10-5-9/h5H,1-4H2,(H3,7,8). The summed E-state index contributed by atoms with van der Waals surface area (Å²) in [7, 11) is 0. The molecule has 0 spiro atoms. The number of nitrogens with one attached hydrogen (secondary N) is 1. The topological polar surface area (TPSA) is 76.2 Å². The zero-order chi connectivity index (χ0) is 7.82. The van der Waals surface area contributed by atoms with Gasteiger partial charge in [0.15, 0.2) is 0 Å². The molecule has 4 nitrogen and oxygen atoms in total. The fourth-order valence-corrected chi connectivity index (χ4v) is 0.549. The number of hydrogen-bond acceptors (Lipinski definition) is 3. The van der Waals surface area contributed by atoms with Crippen LogP contribution in [0.2, 0.25) is 0 Å². The Balaban J connectivity index is 2.90. The second kappa shape index (κ2) is 6.07. The van der Waals surface area contributed by atoms with E-state index in [9.17, 15) is 4.79 Å². The van der Waals surface area contributed by atoms with Crippen LogP contribution < -0.4 is 5.73 Å². The van der Waals surface area contributed by atoms with E-state index in [1.807, 2.05) is 0 Å². The third kappa shape index (κ3) is 6.94. The molecule has 0 saturated heterocycles. The Morgan fingerprint density at radius 2 is 2.30 bits per heavy atom. The summed E-state index contributed by atoms with van der Waals surface area (Å²) in [6.45, 7) is 0.852. The molecule has 10 heavy (non-hydrogen) atoms. The van der Waals surface area contributed by atoms with Crippen LogP contribution in [0.25, 0.3) is 0 Å². The summed E-state index contributed by atoms with van der Waals surface area (Å²) in [5, 5.41) is 6.84. The van der Waals surface area contributed by atoms with Crippen molar-refractivity contribution in [1.82, 2.24) is 0 Å². The van der Waals surface area contributed by atoms with Crippen molar-refractivity contribution in [1.29, 1.82) is 5.41 Å². The molecule has 0 rings (SSSR count). The van der Waals surface area contributed by atoms with E-state index < -0.39 is 0 Å². The molecular weight excluding hydrogens is 132 g/mol. The highest BCUT2D eigenvalue weighted by Gasteiger charge is 1.90. The van der Waals surface area contributed by atoms with Gasteiger partial charge in [-0.25, -0.2) is 0 Å². The summed E-state index contributed by atoms with van der Waals surface area (Å²) < 4.78 is 4.42. The number of amidine groups is 1. The van der Waals surface area contributed by atoms with Crippen molar-refractivity contribution in [2.75, 3.05) is 6.61 Å². The van der Waals surface area contributed by atoms with E-state index in [0.717, 1.165) is 12.8 Å². The van der Waals surface area contributed by atoms with Gasteiger partial charge in [0, 0.05) is 6.42 Å². The number of ether oxygens (including phenoxy) is 1. The molecule has 0 aliphatic heterocycles. The number of unbranched alkanes of at least 4 members (excludes halogenated alkanes) is 1. The van der Waals surface area contributed by atoms with Crippen LogP contribution in [-0.4, -0.2) is 18.9 Å². The van der Waals surface area contributed by atoms with Gasteiger partial charge in [-0.15, -0.1) is 0 Å². The predicted octanol–water partition coefficient (Wildman–Crippen LogP) is 0.266. The van der Waals surface area contributed by atoms with Gasteiger partial charge in [-0.05, 0) is 12.8 Å². The van der Waals surface area contributed by atoms with E-state index >= 15 is 0 Å². The normalized spacial score (nSPS) is 8.80. The lowest BCUT2D eigenvalue weighted by Crippen LogP contribution is -2.09. The summed E-state index contributed by atoms with van der Waals surface area (Å²) in [4.78, 5) is 9.61. The maximum absolute atomic E-state index is 9.61. The molecule has 0 aliphatic rings. The van der Waals surface area contributed by atoms with Crippen molar-refractivity contribution in [3.05, 3.63) is 0 Å². The van der Waals surface area contributed by atoms with Gasteiger partial charge in [0.05, 0.1) is 12.4 Å². The third-order valence-corrected chi connectivity index (χ3v) is 1.03. The Labute approximate surface area is 59.9 Å². The number of hydrogen-bond donors (Lipinski definition) is 2. The largest absolute Gasteiger partial charge is 0.468 e. The number of carbonyl (C=O) groups is 1. The van der Waals surface area contributed by atoms with Gasteiger partial charge in [-0.2, -0.15) is 0 Å². The van der Waals surface area contributed by atoms with Gasteiger partial charge >= 0.3 is 0 Å². The molecular formula is C6H12N2O2. The van der Waals surface area contributed by atoms with Crippen LogP contribution in [0.15, 0.2) is 0 Å². The first-order valence-electron chi connectivity index (χ1n) is 3.15. The second-order valence-electron chi connectivity index (χ2n) is 1.95. The maximum Gasteiger partial charge on any atom is 0.293 e. The number of carbonyl (C=O) groups excluding carboxylic acids is 1. The fraction of sp³-hybridized carbons (Fsp3) is 0.667. The van der Waals surface area contributed by atoms with Gasteiger partial charge in [-0.3, -0.25) is 10.2 Å². The van der Waals surface area contributed by atoms with Gasteiger partial charge in [0.2, 0.25) is 0 Å². The Morgan fingerprint density at radius 3 is 2.80 bits per heavy atom. The highest BCUT2D eigenvalue weighted by Crippen LogP contribution is 1.93. The van der Waals surface area contributed by atoms with E-state index in [4.69, 9.17) is 11.1 Å². The molecule has 0 atom stereocenters. The summed E-state index contributed by atoms with van der Waals surface area (Å²) in [6, 6.07) is 0. The Bertz CT molecular complexity index is 114. The van der Waals surface area contributed by atoms with Crippen LogP contribution in [0.5, 0.6) is 0 Å². The molecule has 0 heterocycles. The van der Waals surface area contributed by atoms with Crippen molar-refractivity contribution in [3.8, 4) is 0 Å². The zero-order valence-electron chi connectivity index (χ0n) is 5.80. The van der Waals surface area contributed by atoms with Crippen LogP contribution in [0.3, 0.4) is 0 Å². The minimum atomic E-state index is 0.186. The van der Waals surface area contributed by atoms with Gasteiger partial charge < -0.3 is 10.5 Å². The molecule has 0 radical (unpaired) electrons. The summed E-state index contributed by atoms with van der Waals surface area (Å²) in [6.07, 6.45) is 2.17. The molecule has 0 aromatic heterocycles. The first-order valence-corrected chi connectivity index (χ1v) is 3.15. The lowest BCUT2D eigenvalue weighted by molar-refractivity contribution is -0.128. The van der Waals surface area contributed by atoms with E-state index in [0.29, 0.717) is 19.5 Å². The molecule has 0 amide bonds. The molecule has 0 bridgehead atoms. The Kier molecular flexibility index (Phi) is 5.42. The van der Waals surface area contributed by atoms with Crippen molar-refractivity contribution in [2.45, 2.75) is 19.3 Å². The highest BCUT2D eigenvalue weighted by atomic mass is 16.5. The average molecular weight is 144 g/mol. The van der Waals surface area contributed by atoms with E-state index in [1.165, 1.54) is 0 Å². The van der Waals surface area contributed by atoms with Gasteiger partial charge in [-0.1, -0.05) is 0 Å². The number of nitrogens with two attached hydrogens (primary N) is 1. The molecule has 0 aromatic rings. The molecule has 0 unspecified atom stereocenters. The monoisotopic (exact) mass is 144 g/mol. The van der Waals surface area contributed by atoms with Crippen LogP contribution in [0, 0.1) is 5.41 Å². The minimum Gasteiger partial charge on any atom is -0.468 e. The quantitative estimate of drug-likeness (QED) is 0.243. The molecule has 0 saturated carbocycles. The first-order chi connectivity index (χ1) is 4.77. The van der Waals surface area contributed by atoms with Crippen LogP contribution >= 0.6 is 0 Å². The van der Waals surface area contributed by atoms with Crippen LogP contribution in [-0.2, 0) is 9.53 Å². The van der Waals surface area contributed by atoms with Crippen molar-refractivity contribution in [2.24, 2.45) is 5.73 Å². The van der Waals surface area contributed by atoms with E-state index in [2.05, 4.69) is 4.74 Å². The zero-order valence-corrected chi connectivity index (χ0v) is 5.80. The molecule has 4 heteroatoms. The predicted molar refractivity (Wildman–Crippen MR) is 37.8 cm³/mol. The second-order valence-corrected chi connectivity index (χ2v) is 1.95. The van der Waals surface area contributed by atoms with Crippen molar-refractivity contribution >= 4 is 12.3 Å². The van der Waals surface area contributed by atoms with Gasteiger partial charge in [0.1, 0.15) is 0 Å². The molecule has 58 valence electrons. The first kappa shape index (κ1) is 8.94. The Morgan fingerprint density at radius 1 is 1.60 bits per heavy atom.